The first-order valence-corrected chi connectivity index (χ1v) is 9.07. The molecule has 0 aromatic heterocycles. The van der Waals surface area contributed by atoms with E-state index in [1.165, 1.54) is 13.2 Å². The lowest BCUT2D eigenvalue weighted by Crippen LogP contribution is -2.53. The molecule has 6 heteroatoms. The van der Waals surface area contributed by atoms with Crippen LogP contribution in [-0.2, 0) is 16.1 Å². The van der Waals surface area contributed by atoms with Crippen molar-refractivity contribution in [1.82, 2.24) is 10.2 Å². The number of amides is 4. The smallest absolute Gasteiger partial charge is 0.331 e. The van der Waals surface area contributed by atoms with Gasteiger partial charge in [0, 0.05) is 5.56 Å². The largest absolute Gasteiger partial charge is 0.496 e. The van der Waals surface area contributed by atoms with E-state index in [1.54, 1.807) is 6.07 Å². The van der Waals surface area contributed by atoms with Crippen LogP contribution in [0.4, 0.5) is 4.79 Å². The van der Waals surface area contributed by atoms with Crippen molar-refractivity contribution >= 4 is 34.7 Å². The predicted molar refractivity (Wildman–Crippen MR) is 109 cm³/mol. The average Bonchev–Trinajstić information content (AvgIpc) is 2.74. The molecule has 3 aromatic carbocycles. The first-order valence-electron chi connectivity index (χ1n) is 9.07. The second-order valence-electron chi connectivity index (χ2n) is 6.60. The summed E-state index contributed by atoms with van der Waals surface area (Å²) in [5, 5.41) is 4.04. The Hall–Kier alpha value is -3.93. The monoisotopic (exact) mass is 386 g/mol. The Labute approximate surface area is 167 Å². The highest BCUT2D eigenvalue weighted by molar-refractivity contribution is 6.31. The van der Waals surface area contributed by atoms with Crippen molar-refractivity contribution in [1.29, 1.82) is 0 Å². The highest BCUT2D eigenvalue weighted by Gasteiger charge is 2.36. The topological polar surface area (TPSA) is 75.7 Å². The fraction of sp³-hybridized carbons (Fsp3) is 0.0870. The molecule has 1 saturated heterocycles. The van der Waals surface area contributed by atoms with Gasteiger partial charge in [-0.25, -0.2) is 4.79 Å². The number of ether oxygens (including phenoxy) is 1. The molecule has 4 amide bonds. The Morgan fingerprint density at radius 2 is 1.66 bits per heavy atom. The van der Waals surface area contributed by atoms with Crippen LogP contribution >= 0.6 is 0 Å². The molecular weight excluding hydrogens is 368 g/mol. The zero-order valence-corrected chi connectivity index (χ0v) is 15.7. The molecule has 0 spiro atoms. The summed E-state index contributed by atoms with van der Waals surface area (Å²) in [5.41, 5.74) is 1.28. The minimum Gasteiger partial charge on any atom is -0.496 e. The van der Waals surface area contributed by atoms with Gasteiger partial charge in [-0.15, -0.1) is 0 Å². The summed E-state index contributed by atoms with van der Waals surface area (Å²) in [6.45, 7) is 0.0722. The van der Waals surface area contributed by atoms with Crippen molar-refractivity contribution in [2.45, 2.75) is 6.54 Å². The summed E-state index contributed by atoms with van der Waals surface area (Å²) < 4.78 is 5.44. The SMILES string of the molecule is COc1ccc2ccccc2c1/C=C1\C(=O)NC(=O)N(Cc2ccccc2)C1=O. The predicted octanol–water partition coefficient (Wildman–Crippen LogP) is 3.51. The minimum absolute atomic E-state index is 0.0722. The summed E-state index contributed by atoms with van der Waals surface area (Å²) in [7, 11) is 1.53. The third-order valence-corrected chi connectivity index (χ3v) is 4.81. The van der Waals surface area contributed by atoms with Crippen LogP contribution in [0.15, 0.2) is 72.3 Å². The molecule has 0 atom stereocenters. The van der Waals surface area contributed by atoms with Crippen LogP contribution in [0.25, 0.3) is 16.8 Å². The summed E-state index contributed by atoms with van der Waals surface area (Å²) in [6.07, 6.45) is 1.49. The number of nitrogens with one attached hydrogen (secondary N) is 1. The number of imide groups is 2. The van der Waals surface area contributed by atoms with Gasteiger partial charge in [-0.05, 0) is 28.5 Å². The van der Waals surface area contributed by atoms with Crippen molar-refractivity contribution in [2.75, 3.05) is 7.11 Å². The molecule has 4 rings (SSSR count). The summed E-state index contributed by atoms with van der Waals surface area (Å²) in [6, 6.07) is 19.7. The molecule has 1 N–H and O–H groups in total. The molecular formula is C23H18N2O4. The van der Waals surface area contributed by atoms with Gasteiger partial charge in [0.15, 0.2) is 0 Å². The lowest BCUT2D eigenvalue weighted by molar-refractivity contribution is -0.130. The molecule has 1 aliphatic rings. The van der Waals surface area contributed by atoms with Crippen molar-refractivity contribution in [2.24, 2.45) is 0 Å². The molecule has 29 heavy (non-hydrogen) atoms. The number of fused-ring (bicyclic) bond motifs is 1. The molecule has 0 radical (unpaired) electrons. The third-order valence-electron chi connectivity index (χ3n) is 4.81. The van der Waals surface area contributed by atoms with Crippen molar-refractivity contribution in [3.63, 3.8) is 0 Å². The molecule has 144 valence electrons. The van der Waals surface area contributed by atoms with Crippen LogP contribution in [0.2, 0.25) is 0 Å². The van der Waals surface area contributed by atoms with Gasteiger partial charge in [0.25, 0.3) is 11.8 Å². The van der Waals surface area contributed by atoms with E-state index in [-0.39, 0.29) is 12.1 Å². The molecule has 0 bridgehead atoms. The number of carbonyl (C=O) groups excluding carboxylic acids is 3. The molecule has 0 aliphatic carbocycles. The lowest BCUT2D eigenvalue weighted by Gasteiger charge is -2.26. The Kier molecular flexibility index (Phi) is 4.83. The number of benzene rings is 3. The second-order valence-corrected chi connectivity index (χ2v) is 6.60. The molecule has 1 heterocycles. The fourth-order valence-corrected chi connectivity index (χ4v) is 3.35. The van der Waals surface area contributed by atoms with Crippen molar-refractivity contribution in [3.05, 3.63) is 83.4 Å². The van der Waals surface area contributed by atoms with Crippen LogP contribution in [0.5, 0.6) is 5.75 Å². The van der Waals surface area contributed by atoms with Gasteiger partial charge in [-0.1, -0.05) is 60.7 Å². The van der Waals surface area contributed by atoms with E-state index in [0.717, 1.165) is 21.2 Å². The van der Waals surface area contributed by atoms with Crippen LogP contribution < -0.4 is 10.1 Å². The lowest BCUT2D eigenvalue weighted by atomic mass is 9.99. The first kappa shape index (κ1) is 18.4. The molecule has 0 saturated carbocycles. The highest BCUT2D eigenvalue weighted by atomic mass is 16.5. The van der Waals surface area contributed by atoms with E-state index in [9.17, 15) is 14.4 Å². The number of hydrogen-bond acceptors (Lipinski definition) is 4. The quantitative estimate of drug-likeness (QED) is 0.550. The van der Waals surface area contributed by atoms with E-state index in [4.69, 9.17) is 4.74 Å². The van der Waals surface area contributed by atoms with Gasteiger partial charge in [0.2, 0.25) is 0 Å². The van der Waals surface area contributed by atoms with Crippen LogP contribution in [0, 0.1) is 0 Å². The normalized spacial score (nSPS) is 15.7. The van der Waals surface area contributed by atoms with E-state index >= 15 is 0 Å². The van der Waals surface area contributed by atoms with Crippen LogP contribution in [-0.4, -0.2) is 29.9 Å². The number of nitrogens with zero attached hydrogens (tertiary/aromatic N) is 1. The zero-order valence-electron chi connectivity index (χ0n) is 15.7. The molecule has 6 nitrogen and oxygen atoms in total. The standard InChI is InChI=1S/C23H18N2O4/c1-29-20-12-11-16-9-5-6-10-17(16)18(20)13-19-21(26)24-23(28)25(22(19)27)14-15-7-3-2-4-8-15/h2-13H,14H2,1H3,(H,24,26,28)/b19-13+. The Morgan fingerprint density at radius 3 is 2.41 bits per heavy atom. The number of hydrogen-bond donors (Lipinski definition) is 1. The Balaban J connectivity index is 1.78. The molecule has 0 unspecified atom stereocenters. The maximum Gasteiger partial charge on any atom is 0.331 e. The van der Waals surface area contributed by atoms with Gasteiger partial charge in [-0.3, -0.25) is 19.8 Å². The van der Waals surface area contributed by atoms with Crippen molar-refractivity contribution in [3.8, 4) is 5.75 Å². The maximum atomic E-state index is 13.0. The third kappa shape index (κ3) is 3.48. The van der Waals surface area contributed by atoms with Crippen LogP contribution in [0.3, 0.4) is 0 Å². The average molecular weight is 386 g/mol. The summed E-state index contributed by atoms with van der Waals surface area (Å²) >= 11 is 0. The number of urea groups is 1. The van der Waals surface area contributed by atoms with E-state index in [0.29, 0.717) is 11.3 Å². The summed E-state index contributed by atoms with van der Waals surface area (Å²) in [4.78, 5) is 38.8. The second kappa shape index (κ2) is 7.59. The maximum absolute atomic E-state index is 13.0. The first-order chi connectivity index (χ1) is 14.1. The number of barbiturate groups is 1. The minimum atomic E-state index is -0.731. The van der Waals surface area contributed by atoms with Gasteiger partial charge >= 0.3 is 6.03 Å². The summed E-state index contributed by atoms with van der Waals surface area (Å²) in [5.74, 6) is -0.833. The van der Waals surface area contributed by atoms with Crippen molar-refractivity contribution < 1.29 is 19.1 Å². The van der Waals surface area contributed by atoms with Gasteiger partial charge in [0.05, 0.1) is 13.7 Å². The fourth-order valence-electron chi connectivity index (χ4n) is 3.35. The van der Waals surface area contributed by atoms with Gasteiger partial charge < -0.3 is 4.74 Å². The number of carbonyl (C=O) groups is 3. The number of rotatable bonds is 4. The number of methoxy groups -OCH3 is 1. The Morgan fingerprint density at radius 1 is 0.931 bits per heavy atom. The highest BCUT2D eigenvalue weighted by Crippen LogP contribution is 2.31. The van der Waals surface area contributed by atoms with Gasteiger partial charge in [-0.2, -0.15) is 0 Å². The van der Waals surface area contributed by atoms with E-state index < -0.39 is 17.8 Å². The molecule has 1 fully saturated rings. The molecule has 1 aliphatic heterocycles. The Bertz CT molecular complexity index is 1150. The van der Waals surface area contributed by atoms with E-state index in [2.05, 4.69) is 5.32 Å². The molecule has 3 aromatic rings. The zero-order chi connectivity index (χ0) is 20.4. The van der Waals surface area contributed by atoms with Gasteiger partial charge in [0.1, 0.15) is 11.3 Å². The van der Waals surface area contributed by atoms with Crippen LogP contribution in [0.1, 0.15) is 11.1 Å². The van der Waals surface area contributed by atoms with E-state index in [1.807, 2.05) is 60.7 Å².